The summed E-state index contributed by atoms with van der Waals surface area (Å²) in [5.41, 5.74) is 8.50. The third-order valence-corrected chi connectivity index (χ3v) is 4.87. The Kier molecular flexibility index (Phi) is 6.64. The lowest BCUT2D eigenvalue weighted by molar-refractivity contribution is 0.226. The van der Waals surface area contributed by atoms with E-state index in [9.17, 15) is 8.78 Å². The molecule has 0 spiro atoms. The van der Waals surface area contributed by atoms with Crippen molar-refractivity contribution in [3.63, 3.8) is 0 Å². The van der Waals surface area contributed by atoms with Crippen molar-refractivity contribution >= 4 is 29.6 Å². The van der Waals surface area contributed by atoms with E-state index in [4.69, 9.17) is 21.3 Å². The molecule has 0 fully saturated rings. The summed E-state index contributed by atoms with van der Waals surface area (Å²) < 4.78 is 34.8. The minimum Gasteiger partial charge on any atom is -0.482 e. The summed E-state index contributed by atoms with van der Waals surface area (Å²) >= 11 is 0. The van der Waals surface area contributed by atoms with Crippen LogP contribution in [0.5, 0.6) is 5.75 Å². The number of aromatic nitrogens is 1. The normalized spacial score (nSPS) is 20.2. The molecule has 0 aliphatic carbocycles. The van der Waals surface area contributed by atoms with Crippen LogP contribution in [-0.2, 0) is 0 Å². The van der Waals surface area contributed by atoms with E-state index in [2.05, 4.69) is 15.6 Å². The van der Waals surface area contributed by atoms with Crippen LogP contribution in [0, 0.1) is 16.6 Å². The van der Waals surface area contributed by atoms with Gasteiger partial charge in [0.1, 0.15) is 11.9 Å². The van der Waals surface area contributed by atoms with E-state index in [0.717, 1.165) is 6.21 Å². The molecular formula is C22H24F2N6O. The number of nitrogens with two attached hydrogens (primary N) is 1. The van der Waals surface area contributed by atoms with Crippen molar-refractivity contribution < 1.29 is 13.5 Å². The maximum atomic E-state index is 14.7. The predicted molar refractivity (Wildman–Crippen MR) is 118 cm³/mol. The summed E-state index contributed by atoms with van der Waals surface area (Å²) in [7, 11) is 0. The fraction of sp³-hybridized carbons (Fsp3) is 0.227. The van der Waals surface area contributed by atoms with Crippen LogP contribution in [0.1, 0.15) is 36.6 Å². The van der Waals surface area contributed by atoms with Gasteiger partial charge >= 0.3 is 0 Å². The number of nitrogens with one attached hydrogen (secondary N) is 4. The maximum absolute atomic E-state index is 14.7. The Bertz CT molecular complexity index is 1080. The van der Waals surface area contributed by atoms with Gasteiger partial charge in [-0.05, 0) is 38.1 Å². The summed E-state index contributed by atoms with van der Waals surface area (Å²) in [4.78, 5) is 4.20. The second kappa shape index (κ2) is 9.38. The van der Waals surface area contributed by atoms with E-state index >= 15 is 0 Å². The van der Waals surface area contributed by atoms with Crippen molar-refractivity contribution in [3.05, 3.63) is 64.4 Å². The molecule has 2 heterocycles. The van der Waals surface area contributed by atoms with Crippen molar-refractivity contribution in [2.24, 2.45) is 0 Å². The van der Waals surface area contributed by atoms with Gasteiger partial charge in [-0.25, -0.2) is 13.8 Å². The van der Waals surface area contributed by atoms with Crippen molar-refractivity contribution in [3.8, 4) is 5.75 Å². The first-order chi connectivity index (χ1) is 14.9. The van der Waals surface area contributed by atoms with E-state index in [1.54, 1.807) is 19.2 Å². The van der Waals surface area contributed by atoms with Crippen LogP contribution >= 0.6 is 0 Å². The number of pyridine rings is 1. The lowest BCUT2D eigenvalue weighted by Crippen LogP contribution is -2.24. The van der Waals surface area contributed by atoms with Gasteiger partial charge in [-0.3, -0.25) is 0 Å². The van der Waals surface area contributed by atoms with Gasteiger partial charge in [-0.15, -0.1) is 0 Å². The molecule has 7 nitrogen and oxygen atoms in total. The molecule has 6 N–H and O–H groups in total. The third kappa shape index (κ3) is 4.55. The second-order valence-electron chi connectivity index (χ2n) is 6.89. The molecule has 1 atom stereocenters. The zero-order valence-corrected chi connectivity index (χ0v) is 17.2. The molecule has 1 aromatic carbocycles. The molecule has 9 heteroatoms. The molecule has 1 aliphatic heterocycles. The van der Waals surface area contributed by atoms with Crippen LogP contribution in [0.15, 0.2) is 41.9 Å². The Labute approximate surface area is 179 Å². The van der Waals surface area contributed by atoms with E-state index in [-0.39, 0.29) is 23.8 Å². The fourth-order valence-electron chi connectivity index (χ4n) is 3.39. The number of fused-ring (bicyclic) bond motifs is 3. The lowest BCUT2D eigenvalue weighted by Gasteiger charge is -2.24. The lowest BCUT2D eigenvalue weighted by atomic mass is 9.98. The minimum absolute atomic E-state index is 0.00554. The first-order valence-electron chi connectivity index (χ1n) is 9.73. The zero-order chi connectivity index (χ0) is 22.5. The minimum atomic E-state index is -0.828. The molecule has 0 saturated heterocycles. The second-order valence-corrected chi connectivity index (χ2v) is 6.89. The number of nitrogen functional groups attached to an aromatic ring is 1. The summed E-state index contributed by atoms with van der Waals surface area (Å²) in [6, 6.07) is 5.61. The van der Waals surface area contributed by atoms with Crippen LogP contribution < -0.4 is 21.1 Å². The summed E-state index contributed by atoms with van der Waals surface area (Å²) in [5.74, 6) is -0.902. The highest BCUT2D eigenvalue weighted by Gasteiger charge is 2.22. The highest BCUT2D eigenvalue weighted by Crippen LogP contribution is 2.33. The molecule has 162 valence electrons. The zero-order valence-electron chi connectivity index (χ0n) is 17.2. The summed E-state index contributed by atoms with van der Waals surface area (Å²) in [6.45, 7) is 4.25. The van der Waals surface area contributed by atoms with E-state index < -0.39 is 17.7 Å². The highest BCUT2D eigenvalue weighted by atomic mass is 19.1. The molecular weight excluding hydrogens is 402 g/mol. The molecule has 1 aromatic heterocycles. The SMILES string of the molecule is CCN/C1=C(\C=N)CN/C(=C(/F)C=N)c2ccc(F)cc2[C@@H](C)Oc2cc1cnc2N. The largest absolute Gasteiger partial charge is 0.482 e. The van der Waals surface area contributed by atoms with Crippen LogP contribution in [0.25, 0.3) is 11.4 Å². The average Bonchev–Trinajstić information content (AvgIpc) is 2.76. The van der Waals surface area contributed by atoms with Crippen LogP contribution in [0.2, 0.25) is 0 Å². The number of benzene rings is 1. The number of allylic oxidation sites excluding steroid dienone is 1. The van der Waals surface area contributed by atoms with Crippen molar-refractivity contribution in [1.29, 1.82) is 10.8 Å². The summed E-state index contributed by atoms with van der Waals surface area (Å²) in [6.07, 6.45) is 2.59. The van der Waals surface area contributed by atoms with Gasteiger partial charge in [0.15, 0.2) is 17.4 Å². The standard InChI is InChI=1S/C22H24F2N6O/c1-3-28-20-13-6-19(22(27)30-10-13)31-12(2)17-7-15(23)4-5-16(17)21(18(24)9-26)29-11-14(20)8-25/h4-10,12,25-26,28-29H,3,11H2,1-2H3,(H2,27,30)/b20-14+,21-18+,25-8?,26-9?/t12-/m1/s1. The fourth-order valence-corrected chi connectivity index (χ4v) is 3.39. The number of ether oxygens (including phenoxy) is 1. The molecule has 0 amide bonds. The number of hydrogen-bond donors (Lipinski definition) is 5. The monoisotopic (exact) mass is 426 g/mol. The Morgan fingerprint density at radius 2 is 2.16 bits per heavy atom. The smallest absolute Gasteiger partial charge is 0.166 e. The molecule has 0 saturated carbocycles. The van der Waals surface area contributed by atoms with Crippen molar-refractivity contribution in [2.45, 2.75) is 20.0 Å². The van der Waals surface area contributed by atoms with Crippen LogP contribution in [0.4, 0.5) is 14.6 Å². The number of hydrogen-bond acceptors (Lipinski definition) is 7. The average molecular weight is 426 g/mol. The summed E-state index contributed by atoms with van der Waals surface area (Å²) in [5, 5.41) is 21.5. The van der Waals surface area contributed by atoms with Crippen molar-refractivity contribution in [2.75, 3.05) is 18.8 Å². The van der Waals surface area contributed by atoms with Crippen molar-refractivity contribution in [1.82, 2.24) is 15.6 Å². The van der Waals surface area contributed by atoms with Gasteiger partial charge in [0.2, 0.25) is 0 Å². The molecule has 0 radical (unpaired) electrons. The van der Waals surface area contributed by atoms with Gasteiger partial charge in [0, 0.05) is 53.5 Å². The number of nitrogens with zero attached hydrogens (tertiary/aromatic N) is 1. The number of rotatable bonds is 4. The van der Waals surface area contributed by atoms with E-state index in [1.807, 2.05) is 6.92 Å². The quantitative estimate of drug-likeness (QED) is 0.476. The molecule has 31 heavy (non-hydrogen) atoms. The Morgan fingerprint density at radius 3 is 2.84 bits per heavy atom. The maximum Gasteiger partial charge on any atom is 0.166 e. The van der Waals surface area contributed by atoms with Gasteiger partial charge in [-0.2, -0.15) is 0 Å². The number of anilines is 1. The van der Waals surface area contributed by atoms with Crippen LogP contribution in [-0.4, -0.2) is 30.5 Å². The van der Waals surface area contributed by atoms with Gasteiger partial charge in [0.25, 0.3) is 0 Å². The molecule has 3 rings (SSSR count). The molecule has 2 aromatic rings. The third-order valence-electron chi connectivity index (χ3n) is 4.87. The number of halogens is 2. The molecule has 2 bridgehead atoms. The van der Waals surface area contributed by atoms with Gasteiger partial charge < -0.3 is 31.9 Å². The predicted octanol–water partition coefficient (Wildman–Crippen LogP) is 3.80. The van der Waals surface area contributed by atoms with Gasteiger partial charge in [-0.1, -0.05) is 0 Å². The Morgan fingerprint density at radius 1 is 1.39 bits per heavy atom. The topological polar surface area (TPSA) is 120 Å². The Hall–Kier alpha value is -3.75. The van der Waals surface area contributed by atoms with Gasteiger partial charge in [0.05, 0.1) is 11.9 Å². The van der Waals surface area contributed by atoms with Crippen LogP contribution in [0.3, 0.4) is 0 Å². The molecule has 0 unspecified atom stereocenters. The van der Waals surface area contributed by atoms with E-state index in [1.165, 1.54) is 18.2 Å². The first kappa shape index (κ1) is 21.9. The molecule has 1 aliphatic rings. The Balaban J connectivity index is 2.30. The first-order valence-corrected chi connectivity index (χ1v) is 9.73. The van der Waals surface area contributed by atoms with E-state index in [0.29, 0.717) is 40.7 Å². The highest BCUT2D eigenvalue weighted by molar-refractivity contribution is 5.91.